The maximum atomic E-state index is 11.7. The normalized spacial score (nSPS) is 15.1. The highest BCUT2D eigenvalue weighted by Gasteiger charge is 2.15. The van der Waals surface area contributed by atoms with Gasteiger partial charge in [0.05, 0.1) is 12.7 Å². The Morgan fingerprint density at radius 3 is 2.76 bits per heavy atom. The van der Waals surface area contributed by atoms with Crippen LogP contribution in [0.15, 0.2) is 12.1 Å². The molecule has 0 bridgehead atoms. The average molecular weight is 290 g/mol. The van der Waals surface area contributed by atoms with Crippen molar-refractivity contribution in [1.29, 1.82) is 0 Å². The van der Waals surface area contributed by atoms with Gasteiger partial charge in [-0.05, 0) is 43.4 Å². The summed E-state index contributed by atoms with van der Waals surface area (Å²) in [6, 6.07) is 3.76. The predicted octanol–water partition coefficient (Wildman–Crippen LogP) is 3.75. The molecule has 116 valence electrons. The van der Waals surface area contributed by atoms with Gasteiger partial charge in [0.15, 0.2) is 0 Å². The molecule has 1 aliphatic rings. The summed E-state index contributed by atoms with van der Waals surface area (Å²) in [6.45, 7) is 2.84. The summed E-state index contributed by atoms with van der Waals surface area (Å²) in [5.74, 6) is 0.538. The van der Waals surface area contributed by atoms with Crippen molar-refractivity contribution >= 4 is 17.3 Å². The minimum atomic E-state index is -0.384. The van der Waals surface area contributed by atoms with Crippen LogP contribution in [0.3, 0.4) is 0 Å². The molecule has 0 spiro atoms. The predicted molar refractivity (Wildman–Crippen MR) is 86.6 cm³/mol. The second kappa shape index (κ2) is 7.34. The summed E-state index contributed by atoms with van der Waals surface area (Å²) < 4.78 is 4.77. The van der Waals surface area contributed by atoms with Gasteiger partial charge >= 0.3 is 5.97 Å². The molecule has 3 N–H and O–H groups in total. The van der Waals surface area contributed by atoms with Gasteiger partial charge in [-0.25, -0.2) is 4.79 Å². The zero-order valence-electron chi connectivity index (χ0n) is 13.1. The first-order valence-corrected chi connectivity index (χ1v) is 7.84. The first-order valence-electron chi connectivity index (χ1n) is 7.84. The first kappa shape index (κ1) is 15.7. The fourth-order valence-corrected chi connectivity index (χ4v) is 3.10. The molecule has 0 saturated heterocycles. The first-order chi connectivity index (χ1) is 10.1. The fourth-order valence-electron chi connectivity index (χ4n) is 3.10. The highest BCUT2D eigenvalue weighted by molar-refractivity contribution is 5.97. The number of benzene rings is 1. The van der Waals surface area contributed by atoms with Gasteiger partial charge < -0.3 is 15.8 Å². The monoisotopic (exact) mass is 290 g/mol. The van der Waals surface area contributed by atoms with E-state index in [0.717, 1.165) is 23.7 Å². The number of esters is 1. The van der Waals surface area contributed by atoms with Gasteiger partial charge in [0.1, 0.15) is 0 Å². The van der Waals surface area contributed by atoms with Gasteiger partial charge in [0.25, 0.3) is 0 Å². The van der Waals surface area contributed by atoms with E-state index in [1.54, 1.807) is 6.07 Å². The topological polar surface area (TPSA) is 64.3 Å². The summed E-state index contributed by atoms with van der Waals surface area (Å²) in [4.78, 5) is 11.7. The molecule has 1 aromatic carbocycles. The molecule has 0 heterocycles. The number of nitrogens with two attached hydrogens (primary N) is 1. The molecule has 0 aliphatic heterocycles. The Balaban J connectivity index is 1.90. The van der Waals surface area contributed by atoms with Crippen molar-refractivity contribution in [3.8, 4) is 0 Å². The van der Waals surface area contributed by atoms with Crippen molar-refractivity contribution in [2.75, 3.05) is 24.7 Å². The molecule has 1 fully saturated rings. The van der Waals surface area contributed by atoms with Crippen LogP contribution < -0.4 is 11.1 Å². The summed E-state index contributed by atoms with van der Waals surface area (Å²) >= 11 is 0. The van der Waals surface area contributed by atoms with Gasteiger partial charge in [-0.3, -0.25) is 0 Å². The molecule has 0 unspecified atom stereocenters. The molecule has 4 heteroatoms. The molecular formula is C17H26N2O2. The van der Waals surface area contributed by atoms with Crippen LogP contribution in [-0.4, -0.2) is 19.6 Å². The van der Waals surface area contributed by atoms with Crippen molar-refractivity contribution in [2.24, 2.45) is 5.92 Å². The van der Waals surface area contributed by atoms with Gasteiger partial charge in [0.2, 0.25) is 0 Å². The third kappa shape index (κ3) is 4.13. The number of hydrogen-bond donors (Lipinski definition) is 2. The lowest BCUT2D eigenvalue weighted by molar-refractivity contribution is 0.0602. The zero-order valence-corrected chi connectivity index (χ0v) is 13.1. The number of aryl methyl sites for hydroxylation is 1. The lowest BCUT2D eigenvalue weighted by Gasteiger charge is -2.13. The average Bonchev–Trinajstić information content (AvgIpc) is 2.99. The number of hydrogen-bond acceptors (Lipinski definition) is 4. The van der Waals surface area contributed by atoms with Crippen LogP contribution in [0.25, 0.3) is 0 Å². The molecule has 1 aliphatic carbocycles. The Labute approximate surface area is 127 Å². The van der Waals surface area contributed by atoms with Crippen LogP contribution in [-0.2, 0) is 4.74 Å². The molecule has 0 amide bonds. The van der Waals surface area contributed by atoms with Gasteiger partial charge in [-0.2, -0.15) is 0 Å². The third-order valence-electron chi connectivity index (χ3n) is 4.39. The van der Waals surface area contributed by atoms with E-state index in [-0.39, 0.29) is 5.97 Å². The second-order valence-corrected chi connectivity index (χ2v) is 5.97. The Hall–Kier alpha value is -1.71. The van der Waals surface area contributed by atoms with Crippen LogP contribution >= 0.6 is 0 Å². The van der Waals surface area contributed by atoms with E-state index >= 15 is 0 Å². The van der Waals surface area contributed by atoms with Crippen molar-refractivity contribution in [1.82, 2.24) is 0 Å². The number of rotatable bonds is 6. The molecule has 1 saturated carbocycles. The Bertz CT molecular complexity index is 494. The minimum Gasteiger partial charge on any atom is -0.465 e. The Morgan fingerprint density at radius 2 is 2.10 bits per heavy atom. The molecule has 21 heavy (non-hydrogen) atoms. The molecule has 0 radical (unpaired) electrons. The maximum Gasteiger partial charge on any atom is 0.340 e. The third-order valence-corrected chi connectivity index (χ3v) is 4.39. The highest BCUT2D eigenvalue weighted by atomic mass is 16.5. The zero-order chi connectivity index (χ0) is 15.2. The van der Waals surface area contributed by atoms with E-state index < -0.39 is 0 Å². The number of nitrogen functional groups attached to an aromatic ring is 1. The quantitative estimate of drug-likeness (QED) is 0.476. The molecule has 2 rings (SSSR count). The number of carbonyl (C=O) groups is 1. The van der Waals surface area contributed by atoms with Crippen LogP contribution in [0.2, 0.25) is 0 Å². The number of methoxy groups -OCH3 is 1. The number of nitrogens with one attached hydrogen (secondary N) is 1. The lowest BCUT2D eigenvalue weighted by Crippen LogP contribution is -2.10. The Kier molecular flexibility index (Phi) is 5.48. The van der Waals surface area contributed by atoms with Crippen molar-refractivity contribution in [3.05, 3.63) is 23.3 Å². The number of carbonyl (C=O) groups excluding carboxylic acids is 1. The Morgan fingerprint density at radius 1 is 1.38 bits per heavy atom. The SMILES string of the molecule is COC(=O)c1cc(NCCCC2CCCC2)cc(C)c1N. The highest BCUT2D eigenvalue weighted by Crippen LogP contribution is 2.28. The molecule has 0 atom stereocenters. The van der Waals surface area contributed by atoms with Gasteiger partial charge in [-0.1, -0.05) is 25.7 Å². The smallest absolute Gasteiger partial charge is 0.340 e. The van der Waals surface area contributed by atoms with Crippen LogP contribution in [0.4, 0.5) is 11.4 Å². The van der Waals surface area contributed by atoms with Gasteiger partial charge in [0, 0.05) is 17.9 Å². The second-order valence-electron chi connectivity index (χ2n) is 5.97. The van der Waals surface area contributed by atoms with Crippen LogP contribution in [0.5, 0.6) is 0 Å². The number of ether oxygens (including phenoxy) is 1. The lowest BCUT2D eigenvalue weighted by atomic mass is 10.0. The maximum absolute atomic E-state index is 11.7. The van der Waals surface area contributed by atoms with E-state index in [0.29, 0.717) is 11.3 Å². The molecular weight excluding hydrogens is 264 g/mol. The molecule has 0 aromatic heterocycles. The van der Waals surface area contributed by atoms with Crippen LogP contribution in [0.1, 0.15) is 54.4 Å². The van der Waals surface area contributed by atoms with Gasteiger partial charge in [-0.15, -0.1) is 0 Å². The van der Waals surface area contributed by atoms with Crippen molar-refractivity contribution in [3.63, 3.8) is 0 Å². The summed E-state index contributed by atoms with van der Waals surface area (Å²) in [5.41, 5.74) is 8.71. The molecule has 4 nitrogen and oxygen atoms in total. The van der Waals surface area contributed by atoms with E-state index in [9.17, 15) is 4.79 Å². The number of anilines is 2. The van der Waals surface area contributed by atoms with Crippen LogP contribution in [0, 0.1) is 12.8 Å². The summed E-state index contributed by atoms with van der Waals surface area (Å²) in [6.07, 6.45) is 8.06. The van der Waals surface area contributed by atoms with Crippen molar-refractivity contribution < 1.29 is 9.53 Å². The largest absolute Gasteiger partial charge is 0.465 e. The minimum absolute atomic E-state index is 0.384. The summed E-state index contributed by atoms with van der Waals surface area (Å²) in [5, 5.41) is 3.39. The van der Waals surface area contributed by atoms with E-state index in [4.69, 9.17) is 10.5 Å². The standard InChI is InChI=1S/C17H26N2O2/c1-12-10-14(11-15(16(12)18)17(20)21-2)19-9-5-8-13-6-3-4-7-13/h10-11,13,19H,3-9,18H2,1-2H3. The van der Waals surface area contributed by atoms with Crippen molar-refractivity contribution in [2.45, 2.75) is 45.4 Å². The van der Waals surface area contributed by atoms with E-state index in [1.165, 1.54) is 45.6 Å². The fraction of sp³-hybridized carbons (Fsp3) is 0.588. The molecule has 1 aromatic rings. The van der Waals surface area contributed by atoms with E-state index in [2.05, 4.69) is 5.32 Å². The van der Waals surface area contributed by atoms with E-state index in [1.807, 2.05) is 13.0 Å². The summed E-state index contributed by atoms with van der Waals surface area (Å²) in [7, 11) is 1.37.